The fourth-order valence-corrected chi connectivity index (χ4v) is 3.30. The third-order valence-corrected chi connectivity index (χ3v) is 4.40. The largest absolute Gasteiger partial charge is 0.481 e. The molecule has 1 saturated heterocycles. The van der Waals surface area contributed by atoms with Crippen LogP contribution in [-0.2, 0) is 15.6 Å². The summed E-state index contributed by atoms with van der Waals surface area (Å²) in [7, 11) is -0.931. The zero-order chi connectivity index (χ0) is 15.1. The number of amides is 2. The molecule has 0 saturated carbocycles. The van der Waals surface area contributed by atoms with Crippen LogP contribution in [0.5, 0.6) is 0 Å². The van der Waals surface area contributed by atoms with Gasteiger partial charge in [0.05, 0.1) is 0 Å². The molecule has 1 heterocycles. The highest BCUT2D eigenvalue weighted by molar-refractivity contribution is 7.84. The predicted molar refractivity (Wildman–Crippen MR) is 78.1 cm³/mol. The Hall–Kier alpha value is -1.11. The molecule has 2 N–H and O–H groups in total. The molecule has 3 atom stereocenters. The van der Waals surface area contributed by atoms with Crippen molar-refractivity contribution in [2.24, 2.45) is 5.92 Å². The Balaban J connectivity index is 2.39. The van der Waals surface area contributed by atoms with Crippen LogP contribution < -0.4 is 5.32 Å². The fourth-order valence-electron chi connectivity index (χ4n) is 2.51. The zero-order valence-corrected chi connectivity index (χ0v) is 12.9. The molecule has 116 valence electrons. The molecule has 0 aromatic carbocycles. The first-order chi connectivity index (χ1) is 9.38. The average Bonchev–Trinajstić information content (AvgIpc) is 2.35. The number of carbonyl (C=O) groups excluding carboxylic acids is 1. The van der Waals surface area contributed by atoms with Gasteiger partial charge in [-0.3, -0.25) is 9.00 Å². The van der Waals surface area contributed by atoms with E-state index in [0.29, 0.717) is 25.3 Å². The molecule has 0 bridgehead atoms. The van der Waals surface area contributed by atoms with Crippen LogP contribution in [0.15, 0.2) is 0 Å². The first kappa shape index (κ1) is 16.9. The van der Waals surface area contributed by atoms with Crippen LogP contribution in [0.3, 0.4) is 0 Å². The number of hydrogen-bond donors (Lipinski definition) is 2. The molecule has 0 spiro atoms. The summed E-state index contributed by atoms with van der Waals surface area (Å²) in [6.45, 7) is 3.16. The number of piperidine rings is 1. The fraction of sp³-hybridized carbons (Fsp3) is 0.846. The predicted octanol–water partition coefficient (Wildman–Crippen LogP) is 1.04. The Morgan fingerprint density at radius 2 is 2.20 bits per heavy atom. The van der Waals surface area contributed by atoms with Gasteiger partial charge in [0, 0.05) is 48.4 Å². The van der Waals surface area contributed by atoms with Crippen molar-refractivity contribution in [2.75, 3.05) is 25.1 Å². The summed E-state index contributed by atoms with van der Waals surface area (Å²) in [6, 6.07) is -0.254. The number of hydrogen-bond acceptors (Lipinski definition) is 3. The zero-order valence-electron chi connectivity index (χ0n) is 12.1. The minimum atomic E-state index is -0.931. The molecular weight excluding hydrogens is 280 g/mol. The number of carboxylic acid groups (broad SMARTS) is 1. The lowest BCUT2D eigenvalue weighted by molar-refractivity contribution is -0.137. The molecule has 0 aromatic heterocycles. The number of likely N-dealkylation sites (tertiary alicyclic amines) is 1. The summed E-state index contributed by atoms with van der Waals surface area (Å²) in [6.07, 6.45) is 4.28. The Bertz CT molecular complexity index is 375. The molecule has 7 heteroatoms. The third kappa shape index (κ3) is 6.36. The Labute approximate surface area is 122 Å². The van der Waals surface area contributed by atoms with E-state index in [2.05, 4.69) is 5.32 Å². The number of carboxylic acids is 1. The lowest BCUT2D eigenvalue weighted by Gasteiger charge is -2.33. The van der Waals surface area contributed by atoms with Gasteiger partial charge in [-0.1, -0.05) is 0 Å². The number of urea groups is 1. The third-order valence-electron chi connectivity index (χ3n) is 3.43. The van der Waals surface area contributed by atoms with Crippen LogP contribution in [0.2, 0.25) is 0 Å². The van der Waals surface area contributed by atoms with Gasteiger partial charge in [0.2, 0.25) is 0 Å². The van der Waals surface area contributed by atoms with Gasteiger partial charge in [0.15, 0.2) is 0 Å². The van der Waals surface area contributed by atoms with E-state index in [0.717, 1.165) is 12.8 Å². The maximum absolute atomic E-state index is 12.1. The Kier molecular flexibility index (Phi) is 6.98. The van der Waals surface area contributed by atoms with Gasteiger partial charge in [-0.2, -0.15) is 0 Å². The second kappa shape index (κ2) is 8.24. The van der Waals surface area contributed by atoms with Crippen LogP contribution in [0.4, 0.5) is 4.79 Å². The Morgan fingerprint density at radius 1 is 1.50 bits per heavy atom. The molecule has 0 aliphatic carbocycles. The number of nitrogens with zero attached hydrogens (tertiary/aromatic N) is 1. The monoisotopic (exact) mass is 304 g/mol. The molecule has 3 unspecified atom stereocenters. The van der Waals surface area contributed by atoms with Crippen molar-refractivity contribution in [3.05, 3.63) is 0 Å². The van der Waals surface area contributed by atoms with Gasteiger partial charge in [-0.15, -0.1) is 0 Å². The lowest BCUT2D eigenvalue weighted by atomic mass is 9.93. The van der Waals surface area contributed by atoms with Gasteiger partial charge < -0.3 is 15.3 Å². The van der Waals surface area contributed by atoms with Gasteiger partial charge in [0.1, 0.15) is 0 Å². The summed E-state index contributed by atoms with van der Waals surface area (Å²) >= 11 is 0. The van der Waals surface area contributed by atoms with Gasteiger partial charge in [-0.05, 0) is 32.1 Å². The summed E-state index contributed by atoms with van der Waals surface area (Å²) < 4.78 is 11.1. The molecule has 2 amide bonds. The van der Waals surface area contributed by atoms with Crippen molar-refractivity contribution in [3.8, 4) is 0 Å². The molecule has 1 fully saturated rings. The number of carbonyl (C=O) groups is 2. The quantitative estimate of drug-likeness (QED) is 0.767. The molecular formula is C13H24N2O4S. The summed E-state index contributed by atoms with van der Waals surface area (Å²) in [4.78, 5) is 24.4. The molecule has 6 nitrogen and oxygen atoms in total. The normalized spacial score (nSPS) is 22.1. The summed E-state index contributed by atoms with van der Waals surface area (Å²) in [5.41, 5.74) is 0. The van der Waals surface area contributed by atoms with Crippen molar-refractivity contribution >= 4 is 22.8 Å². The van der Waals surface area contributed by atoms with E-state index >= 15 is 0 Å². The second-order valence-electron chi connectivity index (χ2n) is 5.48. The van der Waals surface area contributed by atoms with E-state index < -0.39 is 16.8 Å². The highest BCUT2D eigenvalue weighted by Gasteiger charge is 2.24. The topological polar surface area (TPSA) is 86.7 Å². The minimum Gasteiger partial charge on any atom is -0.481 e. The van der Waals surface area contributed by atoms with Crippen LogP contribution in [0.25, 0.3) is 0 Å². The SMILES string of the molecule is CC(CS(C)=O)NC(=O)N1CCCC(CCC(=O)O)C1. The van der Waals surface area contributed by atoms with Crippen LogP contribution in [0.1, 0.15) is 32.6 Å². The van der Waals surface area contributed by atoms with Crippen molar-refractivity contribution in [1.82, 2.24) is 10.2 Å². The van der Waals surface area contributed by atoms with Crippen molar-refractivity contribution < 1.29 is 18.9 Å². The van der Waals surface area contributed by atoms with E-state index in [9.17, 15) is 13.8 Å². The standard InChI is InChI=1S/C13H24N2O4S/c1-10(9-20(2)19)14-13(18)15-7-3-4-11(8-15)5-6-12(16)17/h10-11H,3-9H2,1-2H3,(H,14,18)(H,16,17). The smallest absolute Gasteiger partial charge is 0.317 e. The van der Waals surface area contributed by atoms with E-state index in [1.54, 1.807) is 11.2 Å². The average molecular weight is 304 g/mol. The van der Waals surface area contributed by atoms with Gasteiger partial charge in [0.25, 0.3) is 0 Å². The molecule has 1 aliphatic rings. The first-order valence-electron chi connectivity index (χ1n) is 6.95. The number of rotatable bonds is 6. The van der Waals surface area contributed by atoms with Crippen LogP contribution in [-0.4, -0.2) is 57.4 Å². The number of aliphatic carboxylic acids is 1. The molecule has 0 aromatic rings. The molecule has 20 heavy (non-hydrogen) atoms. The van der Waals surface area contributed by atoms with Crippen molar-refractivity contribution in [3.63, 3.8) is 0 Å². The maximum Gasteiger partial charge on any atom is 0.317 e. The van der Waals surface area contributed by atoms with Crippen LogP contribution in [0, 0.1) is 5.92 Å². The first-order valence-corrected chi connectivity index (χ1v) is 8.68. The highest BCUT2D eigenvalue weighted by atomic mass is 32.2. The molecule has 1 rings (SSSR count). The van der Waals surface area contributed by atoms with E-state index in [4.69, 9.17) is 5.11 Å². The summed E-state index contributed by atoms with van der Waals surface area (Å²) in [5, 5.41) is 11.5. The van der Waals surface area contributed by atoms with Gasteiger partial charge >= 0.3 is 12.0 Å². The second-order valence-corrected chi connectivity index (χ2v) is 6.96. The van der Waals surface area contributed by atoms with Crippen molar-refractivity contribution in [1.29, 1.82) is 0 Å². The van der Waals surface area contributed by atoms with Crippen LogP contribution >= 0.6 is 0 Å². The Morgan fingerprint density at radius 3 is 2.80 bits per heavy atom. The summed E-state index contributed by atoms with van der Waals surface area (Å²) in [5.74, 6) is -0.0750. The highest BCUT2D eigenvalue weighted by Crippen LogP contribution is 2.21. The van der Waals surface area contributed by atoms with Crippen molar-refractivity contribution in [2.45, 2.75) is 38.6 Å². The van der Waals surface area contributed by atoms with E-state index in [-0.39, 0.29) is 24.4 Å². The lowest BCUT2D eigenvalue weighted by Crippen LogP contribution is -2.49. The minimum absolute atomic E-state index is 0.118. The molecule has 0 radical (unpaired) electrons. The van der Waals surface area contributed by atoms with E-state index in [1.165, 1.54) is 0 Å². The van der Waals surface area contributed by atoms with Gasteiger partial charge in [-0.25, -0.2) is 4.79 Å². The number of nitrogens with one attached hydrogen (secondary N) is 1. The maximum atomic E-state index is 12.1. The molecule has 1 aliphatic heterocycles. The van der Waals surface area contributed by atoms with E-state index in [1.807, 2.05) is 6.92 Å².